The Kier molecular flexibility index (Phi) is 6.75. The van der Waals surface area contributed by atoms with Crippen LogP contribution in [-0.2, 0) is 11.0 Å². The second-order valence-corrected chi connectivity index (χ2v) is 8.93. The van der Waals surface area contributed by atoms with Crippen molar-refractivity contribution in [3.05, 3.63) is 78.0 Å². The Balaban J connectivity index is 1.40. The summed E-state index contributed by atoms with van der Waals surface area (Å²) < 4.78 is 39.2. The fraction of sp³-hybridized carbons (Fsp3) is 0.130. The summed E-state index contributed by atoms with van der Waals surface area (Å²) in [7, 11) is 0. The van der Waals surface area contributed by atoms with Crippen molar-refractivity contribution in [3.63, 3.8) is 0 Å². The molecule has 0 spiro atoms. The van der Waals surface area contributed by atoms with Crippen LogP contribution in [0.1, 0.15) is 11.3 Å². The zero-order chi connectivity index (χ0) is 23.4. The third-order valence-corrected chi connectivity index (χ3v) is 6.70. The van der Waals surface area contributed by atoms with Crippen LogP contribution >= 0.6 is 23.1 Å². The highest BCUT2D eigenvalue weighted by Gasteiger charge is 2.33. The first-order chi connectivity index (χ1) is 15.8. The molecule has 0 radical (unpaired) electrons. The fourth-order valence-corrected chi connectivity index (χ4v) is 4.67. The molecule has 33 heavy (non-hydrogen) atoms. The predicted octanol–water partition coefficient (Wildman–Crippen LogP) is 6.33. The van der Waals surface area contributed by atoms with Crippen LogP contribution in [0, 0.1) is 6.92 Å². The quantitative estimate of drug-likeness (QED) is 0.323. The Morgan fingerprint density at radius 1 is 1.00 bits per heavy atom. The number of carbonyl (C=O) groups excluding carboxylic acids is 1. The standard InChI is InChI=1S/C23H17F3N4OS2/c1-14-21(33-22(27-14)15-7-3-2-4-8-15)18-11-12-20(30-29-18)32-13-19(31)28-17-10-6-5-9-16(17)23(24,25)26/h2-12H,13H2,1H3,(H,28,31). The molecule has 0 atom stereocenters. The fourth-order valence-electron chi connectivity index (χ4n) is 3.02. The summed E-state index contributed by atoms with van der Waals surface area (Å²) in [5.41, 5.74) is 1.38. The maximum absolute atomic E-state index is 13.1. The van der Waals surface area contributed by atoms with Crippen molar-refractivity contribution in [1.29, 1.82) is 0 Å². The molecular weight excluding hydrogens is 469 g/mol. The molecule has 1 N–H and O–H groups in total. The summed E-state index contributed by atoms with van der Waals surface area (Å²) in [5.74, 6) is -0.661. The lowest BCUT2D eigenvalue weighted by Gasteiger charge is -2.13. The maximum Gasteiger partial charge on any atom is 0.418 e. The third kappa shape index (κ3) is 5.58. The monoisotopic (exact) mass is 486 g/mol. The van der Waals surface area contributed by atoms with Crippen LogP contribution in [0.15, 0.2) is 71.8 Å². The molecule has 1 amide bonds. The number of anilines is 1. The number of thioether (sulfide) groups is 1. The Morgan fingerprint density at radius 2 is 1.73 bits per heavy atom. The van der Waals surface area contributed by atoms with Crippen molar-refractivity contribution >= 4 is 34.7 Å². The number of alkyl halides is 3. The molecule has 5 nitrogen and oxygen atoms in total. The van der Waals surface area contributed by atoms with Crippen molar-refractivity contribution in [2.24, 2.45) is 0 Å². The van der Waals surface area contributed by atoms with E-state index in [1.807, 2.05) is 37.3 Å². The molecule has 0 unspecified atom stereocenters. The Hall–Kier alpha value is -3.24. The van der Waals surface area contributed by atoms with Crippen molar-refractivity contribution in [1.82, 2.24) is 15.2 Å². The van der Waals surface area contributed by atoms with E-state index in [2.05, 4.69) is 20.5 Å². The van der Waals surface area contributed by atoms with Gasteiger partial charge in [0.05, 0.1) is 27.6 Å². The number of hydrogen-bond donors (Lipinski definition) is 1. The van der Waals surface area contributed by atoms with Crippen molar-refractivity contribution in [2.45, 2.75) is 18.1 Å². The number of nitrogens with one attached hydrogen (secondary N) is 1. The van der Waals surface area contributed by atoms with Gasteiger partial charge >= 0.3 is 6.18 Å². The van der Waals surface area contributed by atoms with Gasteiger partial charge in [-0.25, -0.2) is 4.98 Å². The number of para-hydroxylation sites is 1. The van der Waals surface area contributed by atoms with E-state index in [1.165, 1.54) is 29.5 Å². The number of hydrogen-bond acceptors (Lipinski definition) is 6. The minimum absolute atomic E-state index is 0.0992. The third-order valence-electron chi connectivity index (χ3n) is 4.55. The normalized spacial score (nSPS) is 11.4. The highest BCUT2D eigenvalue weighted by Crippen LogP contribution is 2.35. The molecule has 4 aromatic rings. The number of amides is 1. The number of nitrogens with zero attached hydrogens (tertiary/aromatic N) is 3. The zero-order valence-electron chi connectivity index (χ0n) is 17.3. The van der Waals surface area contributed by atoms with Gasteiger partial charge in [-0.15, -0.1) is 21.5 Å². The van der Waals surface area contributed by atoms with E-state index in [0.717, 1.165) is 39.0 Å². The average Bonchev–Trinajstić information content (AvgIpc) is 3.20. The van der Waals surface area contributed by atoms with Gasteiger partial charge in [-0.1, -0.05) is 54.2 Å². The number of aryl methyl sites for hydroxylation is 1. The molecular formula is C23H17F3N4OS2. The van der Waals surface area contributed by atoms with Gasteiger partial charge in [-0.3, -0.25) is 4.79 Å². The molecule has 0 saturated carbocycles. The van der Waals surface area contributed by atoms with Crippen LogP contribution in [0.25, 0.3) is 21.1 Å². The van der Waals surface area contributed by atoms with Crippen LogP contribution in [0.5, 0.6) is 0 Å². The van der Waals surface area contributed by atoms with Crippen LogP contribution in [-0.4, -0.2) is 26.8 Å². The summed E-state index contributed by atoms with van der Waals surface area (Å²) >= 11 is 2.61. The summed E-state index contributed by atoms with van der Waals surface area (Å²) in [5, 5.41) is 12.1. The number of thiazole rings is 1. The average molecular weight is 487 g/mol. The SMILES string of the molecule is Cc1nc(-c2ccccc2)sc1-c1ccc(SCC(=O)Nc2ccccc2C(F)(F)F)nn1. The number of halogens is 3. The van der Waals surface area contributed by atoms with E-state index >= 15 is 0 Å². The Morgan fingerprint density at radius 3 is 2.42 bits per heavy atom. The molecule has 2 aromatic heterocycles. The summed E-state index contributed by atoms with van der Waals surface area (Å²) in [4.78, 5) is 17.7. The van der Waals surface area contributed by atoms with E-state index in [1.54, 1.807) is 12.1 Å². The summed E-state index contributed by atoms with van der Waals surface area (Å²) in [6.45, 7) is 1.91. The molecule has 0 aliphatic heterocycles. The largest absolute Gasteiger partial charge is 0.418 e. The van der Waals surface area contributed by atoms with Gasteiger partial charge < -0.3 is 5.32 Å². The minimum Gasteiger partial charge on any atom is -0.325 e. The van der Waals surface area contributed by atoms with E-state index in [4.69, 9.17) is 0 Å². The van der Waals surface area contributed by atoms with Crippen molar-refractivity contribution < 1.29 is 18.0 Å². The predicted molar refractivity (Wildman–Crippen MR) is 124 cm³/mol. The first-order valence-corrected chi connectivity index (χ1v) is 11.6. The van der Waals surface area contributed by atoms with E-state index in [9.17, 15) is 18.0 Å². The first kappa shape index (κ1) is 22.9. The molecule has 0 aliphatic carbocycles. The van der Waals surface area contributed by atoms with Gasteiger partial charge in [-0.2, -0.15) is 13.2 Å². The second kappa shape index (κ2) is 9.72. The van der Waals surface area contributed by atoms with Crippen LogP contribution < -0.4 is 5.32 Å². The summed E-state index contributed by atoms with van der Waals surface area (Å²) in [6.07, 6.45) is -4.55. The molecule has 2 heterocycles. The molecule has 4 rings (SSSR count). The van der Waals surface area contributed by atoms with Gasteiger partial charge in [0, 0.05) is 5.56 Å². The molecule has 0 saturated heterocycles. The maximum atomic E-state index is 13.1. The van der Waals surface area contributed by atoms with Crippen LogP contribution in [0.3, 0.4) is 0 Å². The number of benzene rings is 2. The number of carbonyl (C=O) groups is 1. The molecule has 0 bridgehead atoms. The number of rotatable bonds is 6. The molecule has 0 aliphatic rings. The lowest BCUT2D eigenvalue weighted by molar-refractivity contribution is -0.137. The van der Waals surface area contributed by atoms with Gasteiger partial charge in [0.1, 0.15) is 15.7 Å². The van der Waals surface area contributed by atoms with E-state index in [-0.39, 0.29) is 11.4 Å². The topological polar surface area (TPSA) is 67.8 Å². The summed E-state index contributed by atoms with van der Waals surface area (Å²) in [6, 6.07) is 18.2. The Bertz CT molecular complexity index is 1260. The van der Waals surface area contributed by atoms with Crippen LogP contribution in [0.2, 0.25) is 0 Å². The second-order valence-electron chi connectivity index (χ2n) is 6.94. The highest BCUT2D eigenvalue weighted by molar-refractivity contribution is 7.99. The number of aromatic nitrogens is 3. The van der Waals surface area contributed by atoms with E-state index < -0.39 is 17.6 Å². The Labute approximate surface area is 196 Å². The molecule has 10 heteroatoms. The van der Waals surface area contributed by atoms with Gasteiger partial charge in [0.25, 0.3) is 0 Å². The van der Waals surface area contributed by atoms with E-state index in [0.29, 0.717) is 10.7 Å². The minimum atomic E-state index is -4.55. The lowest BCUT2D eigenvalue weighted by atomic mass is 10.1. The highest BCUT2D eigenvalue weighted by atomic mass is 32.2. The molecule has 2 aromatic carbocycles. The smallest absolute Gasteiger partial charge is 0.325 e. The van der Waals surface area contributed by atoms with Crippen molar-refractivity contribution in [3.8, 4) is 21.1 Å². The molecule has 0 fully saturated rings. The zero-order valence-corrected chi connectivity index (χ0v) is 18.9. The van der Waals surface area contributed by atoms with Gasteiger partial charge in [0.15, 0.2) is 0 Å². The molecule has 168 valence electrons. The van der Waals surface area contributed by atoms with Crippen LogP contribution in [0.4, 0.5) is 18.9 Å². The van der Waals surface area contributed by atoms with Crippen molar-refractivity contribution in [2.75, 3.05) is 11.1 Å². The first-order valence-electron chi connectivity index (χ1n) is 9.77. The van der Waals surface area contributed by atoms with Gasteiger partial charge in [0.2, 0.25) is 5.91 Å². The lowest BCUT2D eigenvalue weighted by Crippen LogP contribution is -2.18. The van der Waals surface area contributed by atoms with Gasteiger partial charge in [-0.05, 0) is 31.2 Å².